The first-order chi connectivity index (χ1) is 12.6. The summed E-state index contributed by atoms with van der Waals surface area (Å²) in [5.74, 6) is 3.24. The fourth-order valence-corrected chi connectivity index (χ4v) is 8.19. The van der Waals surface area contributed by atoms with Crippen LogP contribution in [0.15, 0.2) is 18.2 Å². The van der Waals surface area contributed by atoms with Crippen LogP contribution in [-0.2, 0) is 6.42 Å². The molecule has 1 aromatic carbocycles. The SMILES string of the molecule is CC12C(O)CCC1C1CCc3cc(OC4CCCC4)ccc3C1CC2I. The van der Waals surface area contributed by atoms with E-state index in [0.717, 1.165) is 18.1 Å². The first-order valence-corrected chi connectivity index (χ1v) is 11.9. The lowest BCUT2D eigenvalue weighted by atomic mass is 9.55. The molecule has 0 radical (unpaired) electrons. The lowest BCUT2D eigenvalue weighted by Crippen LogP contribution is -2.50. The predicted octanol–water partition coefficient (Wildman–Crippen LogP) is 5.64. The first-order valence-electron chi connectivity index (χ1n) is 10.7. The fourth-order valence-electron chi connectivity index (χ4n) is 6.77. The summed E-state index contributed by atoms with van der Waals surface area (Å²) < 4.78 is 6.84. The van der Waals surface area contributed by atoms with Gasteiger partial charge in [0.05, 0.1) is 12.2 Å². The standard InChI is InChI=1S/C23H31IO2/c1-23-20(10-11-22(23)25)18-8-6-14-12-16(26-15-4-2-3-5-15)7-9-17(14)19(18)13-21(23)24/h7,9,12,15,18-22,25H,2-6,8,10-11,13H2,1H3. The van der Waals surface area contributed by atoms with Gasteiger partial charge in [-0.1, -0.05) is 35.6 Å². The third kappa shape index (κ3) is 2.67. The van der Waals surface area contributed by atoms with Gasteiger partial charge in [0, 0.05) is 9.34 Å². The van der Waals surface area contributed by atoms with Crippen LogP contribution in [0.25, 0.3) is 0 Å². The Kier molecular flexibility index (Phi) is 4.55. The molecule has 0 heterocycles. The molecule has 0 bridgehead atoms. The minimum absolute atomic E-state index is 0.0982. The molecule has 6 atom stereocenters. The summed E-state index contributed by atoms with van der Waals surface area (Å²) in [5.41, 5.74) is 3.25. The highest BCUT2D eigenvalue weighted by atomic mass is 127. The van der Waals surface area contributed by atoms with Gasteiger partial charge >= 0.3 is 0 Å². The van der Waals surface area contributed by atoms with Crippen molar-refractivity contribution in [2.75, 3.05) is 0 Å². The first kappa shape index (κ1) is 17.8. The number of aliphatic hydroxyl groups is 1. The van der Waals surface area contributed by atoms with Crippen LogP contribution in [0.1, 0.15) is 75.3 Å². The summed E-state index contributed by atoms with van der Waals surface area (Å²) in [5, 5.41) is 10.7. The molecule has 142 valence electrons. The highest BCUT2D eigenvalue weighted by Gasteiger charge is 2.58. The van der Waals surface area contributed by atoms with Crippen LogP contribution >= 0.6 is 22.6 Å². The minimum atomic E-state index is -0.0982. The van der Waals surface area contributed by atoms with E-state index in [9.17, 15) is 5.11 Å². The third-order valence-corrected chi connectivity index (χ3v) is 10.2. The quantitative estimate of drug-likeness (QED) is 0.452. The van der Waals surface area contributed by atoms with Crippen LogP contribution in [0.2, 0.25) is 0 Å². The second kappa shape index (κ2) is 6.65. The molecule has 1 aromatic rings. The lowest BCUT2D eigenvalue weighted by Gasteiger charge is -2.52. The van der Waals surface area contributed by atoms with Crippen LogP contribution in [0, 0.1) is 17.3 Å². The van der Waals surface area contributed by atoms with Gasteiger partial charge in [-0.2, -0.15) is 0 Å². The van der Waals surface area contributed by atoms with E-state index in [-0.39, 0.29) is 11.5 Å². The van der Waals surface area contributed by atoms with Crippen molar-refractivity contribution < 1.29 is 9.84 Å². The number of ether oxygens (including phenoxy) is 1. The summed E-state index contributed by atoms with van der Waals surface area (Å²) >= 11 is 2.65. The van der Waals surface area contributed by atoms with E-state index < -0.39 is 0 Å². The third-order valence-electron chi connectivity index (χ3n) is 8.30. The van der Waals surface area contributed by atoms with Gasteiger partial charge in [-0.25, -0.2) is 0 Å². The highest BCUT2D eigenvalue weighted by Crippen LogP contribution is 2.62. The van der Waals surface area contributed by atoms with Crippen molar-refractivity contribution in [3.05, 3.63) is 29.3 Å². The summed E-state index contributed by atoms with van der Waals surface area (Å²) in [4.78, 5) is 0. The van der Waals surface area contributed by atoms with Crippen molar-refractivity contribution in [1.82, 2.24) is 0 Å². The second-order valence-electron chi connectivity index (χ2n) is 9.46. The molecule has 3 saturated carbocycles. The number of alkyl halides is 1. The van der Waals surface area contributed by atoms with E-state index in [0.29, 0.717) is 21.9 Å². The monoisotopic (exact) mass is 466 g/mol. The smallest absolute Gasteiger partial charge is 0.120 e. The molecule has 0 aliphatic heterocycles. The largest absolute Gasteiger partial charge is 0.490 e. The zero-order valence-corrected chi connectivity index (χ0v) is 18.0. The summed E-state index contributed by atoms with van der Waals surface area (Å²) in [6.07, 6.45) is 11.4. The zero-order valence-electron chi connectivity index (χ0n) is 15.8. The van der Waals surface area contributed by atoms with Crippen molar-refractivity contribution in [3.8, 4) is 5.75 Å². The molecule has 6 unspecified atom stereocenters. The maximum atomic E-state index is 10.7. The number of hydrogen-bond acceptors (Lipinski definition) is 2. The van der Waals surface area contributed by atoms with Gasteiger partial charge in [0.2, 0.25) is 0 Å². The normalized spacial score (nSPS) is 42.2. The van der Waals surface area contributed by atoms with Gasteiger partial charge in [-0.05, 0) is 98.8 Å². The van der Waals surface area contributed by atoms with Crippen LogP contribution in [0.3, 0.4) is 0 Å². The lowest BCUT2D eigenvalue weighted by molar-refractivity contribution is -0.0125. The van der Waals surface area contributed by atoms with Crippen molar-refractivity contribution in [1.29, 1.82) is 0 Å². The number of aliphatic hydroxyl groups excluding tert-OH is 1. The minimum Gasteiger partial charge on any atom is -0.490 e. The van der Waals surface area contributed by atoms with E-state index in [1.807, 2.05) is 0 Å². The van der Waals surface area contributed by atoms with Gasteiger partial charge in [-0.15, -0.1) is 0 Å². The van der Waals surface area contributed by atoms with E-state index in [4.69, 9.17) is 4.74 Å². The average Bonchev–Trinajstić information content (AvgIpc) is 3.24. The van der Waals surface area contributed by atoms with Crippen molar-refractivity contribution in [2.45, 2.75) is 86.8 Å². The molecule has 5 rings (SSSR count). The van der Waals surface area contributed by atoms with Crippen LogP contribution < -0.4 is 4.74 Å². The summed E-state index contributed by atoms with van der Waals surface area (Å²) in [6, 6.07) is 6.97. The average molecular weight is 466 g/mol. The van der Waals surface area contributed by atoms with E-state index in [1.165, 1.54) is 56.9 Å². The predicted molar refractivity (Wildman–Crippen MR) is 113 cm³/mol. The molecular weight excluding hydrogens is 435 g/mol. The number of benzene rings is 1. The Morgan fingerprint density at radius 2 is 1.92 bits per heavy atom. The van der Waals surface area contributed by atoms with Crippen LogP contribution in [0.4, 0.5) is 0 Å². The second-order valence-corrected chi connectivity index (χ2v) is 11.0. The Morgan fingerprint density at radius 3 is 2.73 bits per heavy atom. The molecule has 0 spiro atoms. The van der Waals surface area contributed by atoms with E-state index >= 15 is 0 Å². The zero-order chi connectivity index (χ0) is 17.9. The Morgan fingerprint density at radius 1 is 1.12 bits per heavy atom. The molecule has 2 nitrogen and oxygen atoms in total. The van der Waals surface area contributed by atoms with Gasteiger partial charge in [-0.3, -0.25) is 0 Å². The molecule has 0 aromatic heterocycles. The van der Waals surface area contributed by atoms with Crippen molar-refractivity contribution in [3.63, 3.8) is 0 Å². The van der Waals surface area contributed by atoms with Crippen LogP contribution in [-0.4, -0.2) is 21.2 Å². The topological polar surface area (TPSA) is 29.5 Å². The number of halogens is 1. The molecule has 0 amide bonds. The van der Waals surface area contributed by atoms with E-state index in [2.05, 4.69) is 47.7 Å². The molecule has 4 aliphatic rings. The fraction of sp³-hybridized carbons (Fsp3) is 0.739. The maximum Gasteiger partial charge on any atom is 0.120 e. The van der Waals surface area contributed by atoms with Gasteiger partial charge in [0.25, 0.3) is 0 Å². The van der Waals surface area contributed by atoms with Crippen molar-refractivity contribution >= 4 is 22.6 Å². The Bertz CT molecular complexity index is 683. The Balaban J connectivity index is 1.41. The Hall–Kier alpha value is -0.290. The molecule has 3 fully saturated rings. The molecule has 0 saturated heterocycles. The molecule has 26 heavy (non-hydrogen) atoms. The number of hydrogen-bond donors (Lipinski definition) is 1. The molecule has 4 aliphatic carbocycles. The molecule has 1 N–H and O–H groups in total. The maximum absolute atomic E-state index is 10.7. The number of aryl methyl sites for hydroxylation is 1. The molecule has 3 heteroatoms. The Labute approximate surface area is 171 Å². The van der Waals surface area contributed by atoms with Crippen molar-refractivity contribution in [2.24, 2.45) is 17.3 Å². The van der Waals surface area contributed by atoms with Gasteiger partial charge < -0.3 is 9.84 Å². The van der Waals surface area contributed by atoms with E-state index in [1.54, 1.807) is 5.56 Å². The number of rotatable bonds is 2. The van der Waals surface area contributed by atoms with Gasteiger partial charge in [0.15, 0.2) is 0 Å². The summed E-state index contributed by atoms with van der Waals surface area (Å²) in [6.45, 7) is 2.37. The highest BCUT2D eigenvalue weighted by molar-refractivity contribution is 14.1. The molecular formula is C23H31IO2. The summed E-state index contributed by atoms with van der Waals surface area (Å²) in [7, 11) is 0. The number of fused-ring (bicyclic) bond motifs is 5. The van der Waals surface area contributed by atoms with Crippen LogP contribution in [0.5, 0.6) is 5.75 Å². The van der Waals surface area contributed by atoms with Gasteiger partial charge in [0.1, 0.15) is 5.75 Å².